The van der Waals surface area contributed by atoms with Crippen LogP contribution in [0.3, 0.4) is 0 Å². The van der Waals surface area contributed by atoms with Gasteiger partial charge in [0.05, 0.1) is 6.61 Å². The Bertz CT molecular complexity index is 168. The zero-order valence-electron chi connectivity index (χ0n) is 13.2. The molecule has 0 saturated heterocycles. The minimum absolute atomic E-state index is 0.677. The minimum atomic E-state index is 0.677. The van der Waals surface area contributed by atoms with Crippen LogP contribution in [0.15, 0.2) is 0 Å². The van der Waals surface area contributed by atoms with E-state index in [9.17, 15) is 0 Å². The highest BCUT2D eigenvalue weighted by Crippen LogP contribution is 2.07. The summed E-state index contributed by atoms with van der Waals surface area (Å²) in [6, 6.07) is 1.37. The van der Waals surface area contributed by atoms with E-state index < -0.39 is 0 Å². The van der Waals surface area contributed by atoms with Crippen molar-refractivity contribution in [3.63, 3.8) is 0 Å². The Kier molecular flexibility index (Phi) is 11.9. The van der Waals surface area contributed by atoms with Crippen LogP contribution in [0.4, 0.5) is 0 Å². The summed E-state index contributed by atoms with van der Waals surface area (Å²) in [6.07, 6.45) is 4.90. The van der Waals surface area contributed by atoms with Crippen molar-refractivity contribution in [2.24, 2.45) is 0 Å². The van der Waals surface area contributed by atoms with Crippen molar-refractivity contribution in [2.75, 3.05) is 33.4 Å². The van der Waals surface area contributed by atoms with Gasteiger partial charge in [0.1, 0.15) is 0 Å². The van der Waals surface area contributed by atoms with E-state index in [4.69, 9.17) is 4.74 Å². The summed E-state index contributed by atoms with van der Waals surface area (Å²) < 4.78 is 5.22. The first-order valence-corrected chi connectivity index (χ1v) is 7.69. The predicted molar refractivity (Wildman–Crippen MR) is 80.2 cm³/mol. The van der Waals surface area contributed by atoms with Crippen molar-refractivity contribution >= 4 is 0 Å². The number of hydrogen-bond donors (Lipinski definition) is 1. The molecule has 0 aromatic carbocycles. The Hall–Kier alpha value is -0.120. The molecule has 0 fully saturated rings. The Morgan fingerprint density at radius 3 is 2.00 bits per heavy atom. The van der Waals surface area contributed by atoms with E-state index in [0.717, 1.165) is 26.2 Å². The molecule has 0 aliphatic heterocycles. The van der Waals surface area contributed by atoms with Crippen LogP contribution < -0.4 is 5.32 Å². The van der Waals surface area contributed by atoms with E-state index in [2.05, 4.69) is 37.9 Å². The third-order valence-electron chi connectivity index (χ3n) is 3.86. The lowest BCUT2D eigenvalue weighted by atomic mass is 10.1. The molecule has 0 rings (SSSR count). The normalized spacial score (nSPS) is 12.0. The quantitative estimate of drug-likeness (QED) is 0.582. The van der Waals surface area contributed by atoms with E-state index in [0.29, 0.717) is 12.1 Å². The summed E-state index contributed by atoms with van der Waals surface area (Å²) in [5.74, 6) is 0. The third kappa shape index (κ3) is 7.34. The van der Waals surface area contributed by atoms with Crippen LogP contribution in [0.1, 0.15) is 53.4 Å². The summed E-state index contributed by atoms with van der Waals surface area (Å²) in [6.45, 7) is 13.2. The Balaban J connectivity index is 4.06. The summed E-state index contributed by atoms with van der Waals surface area (Å²) in [5, 5.41) is 3.65. The maximum absolute atomic E-state index is 5.22. The van der Waals surface area contributed by atoms with E-state index in [1.807, 2.05) is 0 Å². The highest BCUT2D eigenvalue weighted by molar-refractivity contribution is 4.71. The largest absolute Gasteiger partial charge is 0.383 e. The smallest absolute Gasteiger partial charge is 0.0589 e. The molecular formula is C15H34N2O. The lowest BCUT2D eigenvalue weighted by Crippen LogP contribution is -2.43. The number of nitrogens with zero attached hydrogens (tertiary/aromatic N) is 1. The summed E-state index contributed by atoms with van der Waals surface area (Å²) in [5.41, 5.74) is 0. The molecule has 0 heterocycles. The maximum atomic E-state index is 5.22. The molecule has 3 heteroatoms. The highest BCUT2D eigenvalue weighted by atomic mass is 16.5. The lowest BCUT2D eigenvalue weighted by molar-refractivity contribution is 0.115. The molecule has 0 unspecified atom stereocenters. The zero-order chi connectivity index (χ0) is 13.8. The molecule has 110 valence electrons. The van der Waals surface area contributed by atoms with Gasteiger partial charge in [-0.05, 0) is 25.7 Å². The van der Waals surface area contributed by atoms with Gasteiger partial charge in [-0.1, -0.05) is 27.7 Å². The molecule has 0 atom stereocenters. The number of methoxy groups -OCH3 is 1. The molecular weight excluding hydrogens is 224 g/mol. The third-order valence-corrected chi connectivity index (χ3v) is 3.86. The Morgan fingerprint density at radius 2 is 1.56 bits per heavy atom. The zero-order valence-corrected chi connectivity index (χ0v) is 13.2. The molecule has 3 nitrogen and oxygen atoms in total. The molecule has 0 amide bonds. The summed E-state index contributed by atoms with van der Waals surface area (Å²) in [4.78, 5) is 2.57. The Labute approximate surface area is 114 Å². The molecule has 1 N–H and O–H groups in total. The molecule has 0 aromatic rings. The van der Waals surface area contributed by atoms with Crippen LogP contribution in [0, 0.1) is 0 Å². The van der Waals surface area contributed by atoms with Crippen LogP contribution >= 0.6 is 0 Å². The fraction of sp³-hybridized carbons (Fsp3) is 1.00. The van der Waals surface area contributed by atoms with Gasteiger partial charge < -0.3 is 10.1 Å². The van der Waals surface area contributed by atoms with Gasteiger partial charge in [-0.15, -0.1) is 0 Å². The van der Waals surface area contributed by atoms with E-state index in [1.165, 1.54) is 25.7 Å². The van der Waals surface area contributed by atoms with E-state index >= 15 is 0 Å². The number of hydrogen-bond acceptors (Lipinski definition) is 3. The van der Waals surface area contributed by atoms with Gasteiger partial charge in [-0.25, -0.2) is 0 Å². The first-order valence-electron chi connectivity index (χ1n) is 7.69. The predicted octanol–water partition coefficient (Wildman–Crippen LogP) is 2.90. The van der Waals surface area contributed by atoms with Gasteiger partial charge in [0.25, 0.3) is 0 Å². The maximum Gasteiger partial charge on any atom is 0.0589 e. The van der Waals surface area contributed by atoms with Gasteiger partial charge in [-0.3, -0.25) is 4.90 Å². The van der Waals surface area contributed by atoms with Crippen LogP contribution in [0.2, 0.25) is 0 Å². The van der Waals surface area contributed by atoms with Gasteiger partial charge in [0.2, 0.25) is 0 Å². The molecule has 0 radical (unpaired) electrons. The molecule has 0 aromatic heterocycles. The van der Waals surface area contributed by atoms with Crippen LogP contribution in [0.5, 0.6) is 0 Å². The van der Waals surface area contributed by atoms with Crippen molar-refractivity contribution in [3.05, 3.63) is 0 Å². The summed E-state index contributed by atoms with van der Waals surface area (Å²) in [7, 11) is 1.79. The van der Waals surface area contributed by atoms with Crippen LogP contribution in [-0.2, 0) is 4.74 Å². The van der Waals surface area contributed by atoms with Crippen molar-refractivity contribution in [1.29, 1.82) is 0 Å². The monoisotopic (exact) mass is 258 g/mol. The van der Waals surface area contributed by atoms with Gasteiger partial charge in [-0.2, -0.15) is 0 Å². The van der Waals surface area contributed by atoms with E-state index in [-0.39, 0.29) is 0 Å². The fourth-order valence-corrected chi connectivity index (χ4v) is 2.48. The van der Waals surface area contributed by atoms with Crippen molar-refractivity contribution in [3.8, 4) is 0 Å². The molecule has 0 aliphatic carbocycles. The van der Waals surface area contributed by atoms with Crippen molar-refractivity contribution < 1.29 is 4.74 Å². The highest BCUT2D eigenvalue weighted by Gasteiger charge is 2.14. The van der Waals surface area contributed by atoms with Crippen LogP contribution in [0.25, 0.3) is 0 Å². The average Bonchev–Trinajstić information content (AvgIpc) is 2.41. The molecule has 18 heavy (non-hydrogen) atoms. The molecule has 0 aliphatic rings. The standard InChI is InChI=1S/C15H34N2O/c1-6-14(7-2)16-10-11-17(12-13-18-5)15(8-3)9-4/h14-16H,6-13H2,1-5H3. The Morgan fingerprint density at radius 1 is 0.944 bits per heavy atom. The second kappa shape index (κ2) is 11.9. The minimum Gasteiger partial charge on any atom is -0.383 e. The van der Waals surface area contributed by atoms with E-state index in [1.54, 1.807) is 7.11 Å². The first-order chi connectivity index (χ1) is 8.73. The van der Waals surface area contributed by atoms with Crippen LogP contribution in [-0.4, -0.2) is 50.3 Å². The fourth-order valence-electron chi connectivity index (χ4n) is 2.48. The average molecular weight is 258 g/mol. The topological polar surface area (TPSA) is 24.5 Å². The van der Waals surface area contributed by atoms with Gasteiger partial charge >= 0.3 is 0 Å². The second-order valence-corrected chi connectivity index (χ2v) is 4.97. The second-order valence-electron chi connectivity index (χ2n) is 4.97. The first kappa shape index (κ1) is 17.9. The van der Waals surface area contributed by atoms with Crippen molar-refractivity contribution in [1.82, 2.24) is 10.2 Å². The SMILES string of the molecule is CCC(CC)NCCN(CCOC)C(CC)CC. The lowest BCUT2D eigenvalue weighted by Gasteiger charge is -2.31. The molecule has 0 spiro atoms. The number of nitrogens with one attached hydrogen (secondary N) is 1. The number of ether oxygens (including phenoxy) is 1. The van der Waals surface area contributed by atoms with Crippen molar-refractivity contribution in [2.45, 2.75) is 65.5 Å². The van der Waals surface area contributed by atoms with Gasteiger partial charge in [0, 0.05) is 38.8 Å². The molecule has 0 saturated carbocycles. The van der Waals surface area contributed by atoms with Gasteiger partial charge in [0.15, 0.2) is 0 Å². The number of rotatable bonds is 12. The molecule has 0 bridgehead atoms. The summed E-state index contributed by atoms with van der Waals surface area (Å²) >= 11 is 0.